The molecular formula is C21H20ClFN4O3. The first-order chi connectivity index (χ1) is 14.4. The van der Waals surface area contributed by atoms with E-state index in [1.165, 1.54) is 30.3 Å². The molecule has 9 heteroatoms. The molecule has 2 aromatic carbocycles. The molecule has 0 saturated carbocycles. The van der Waals surface area contributed by atoms with Crippen LogP contribution < -0.4 is 10.1 Å². The van der Waals surface area contributed by atoms with Gasteiger partial charge >= 0.3 is 0 Å². The third-order valence-electron chi connectivity index (χ3n) is 4.64. The first-order valence-corrected chi connectivity index (χ1v) is 9.70. The lowest BCUT2D eigenvalue weighted by atomic mass is 10.2. The quantitative estimate of drug-likeness (QED) is 0.761. The predicted molar refractivity (Wildman–Crippen MR) is 110 cm³/mol. The van der Waals surface area contributed by atoms with Crippen LogP contribution in [0.5, 0.6) is 5.75 Å². The summed E-state index contributed by atoms with van der Waals surface area (Å²) in [4.78, 5) is 28.2. The highest BCUT2D eigenvalue weighted by atomic mass is 35.5. The van der Waals surface area contributed by atoms with Crippen LogP contribution in [0.1, 0.15) is 5.56 Å². The summed E-state index contributed by atoms with van der Waals surface area (Å²) < 4.78 is 18.3. The van der Waals surface area contributed by atoms with Crippen LogP contribution in [0.2, 0.25) is 5.02 Å². The van der Waals surface area contributed by atoms with E-state index in [1.54, 1.807) is 17.0 Å². The molecule has 1 heterocycles. The van der Waals surface area contributed by atoms with Gasteiger partial charge in [0.15, 0.2) is 6.61 Å². The van der Waals surface area contributed by atoms with Crippen molar-refractivity contribution in [3.63, 3.8) is 0 Å². The van der Waals surface area contributed by atoms with Gasteiger partial charge in [0.25, 0.3) is 5.91 Å². The maximum absolute atomic E-state index is 12.9. The second kappa shape index (κ2) is 10.1. The number of nitrogens with one attached hydrogen (secondary N) is 1. The Hall–Kier alpha value is -3.15. The van der Waals surface area contributed by atoms with E-state index in [1.807, 2.05) is 11.0 Å². The average Bonchev–Trinajstić information content (AvgIpc) is 2.74. The van der Waals surface area contributed by atoms with Gasteiger partial charge in [0.2, 0.25) is 5.91 Å². The highest BCUT2D eigenvalue weighted by molar-refractivity contribution is 6.31. The van der Waals surface area contributed by atoms with Crippen LogP contribution in [0.4, 0.5) is 10.1 Å². The van der Waals surface area contributed by atoms with E-state index in [-0.39, 0.29) is 30.8 Å². The minimum Gasteiger partial charge on any atom is -0.484 e. The number of ether oxygens (including phenoxy) is 1. The van der Waals surface area contributed by atoms with Gasteiger partial charge in [-0.25, -0.2) is 4.39 Å². The number of piperazine rings is 1. The number of rotatable bonds is 6. The molecule has 0 unspecified atom stereocenters. The van der Waals surface area contributed by atoms with Gasteiger partial charge in [0.05, 0.1) is 17.8 Å². The van der Waals surface area contributed by atoms with E-state index in [2.05, 4.69) is 5.32 Å². The van der Waals surface area contributed by atoms with Gasteiger partial charge in [-0.1, -0.05) is 11.6 Å². The average molecular weight is 431 g/mol. The number of anilines is 1. The summed E-state index contributed by atoms with van der Waals surface area (Å²) >= 11 is 5.93. The lowest BCUT2D eigenvalue weighted by Crippen LogP contribution is -2.51. The van der Waals surface area contributed by atoms with E-state index >= 15 is 0 Å². The van der Waals surface area contributed by atoms with Crippen LogP contribution in [-0.2, 0) is 9.59 Å². The van der Waals surface area contributed by atoms with Gasteiger partial charge in [-0.05, 0) is 42.5 Å². The van der Waals surface area contributed by atoms with Crippen LogP contribution in [0.25, 0.3) is 0 Å². The standard InChI is InChI=1S/C21H20ClFN4O3/c22-16-2-1-15(12-24)19(11-16)25-20(28)13-26-7-9-27(10-8-26)21(29)14-30-18-5-3-17(23)4-6-18/h1-6,11H,7-10,13-14H2,(H,25,28). The smallest absolute Gasteiger partial charge is 0.260 e. The zero-order chi connectivity index (χ0) is 21.5. The molecule has 0 atom stereocenters. The molecule has 1 aliphatic rings. The highest BCUT2D eigenvalue weighted by Gasteiger charge is 2.23. The van der Waals surface area contributed by atoms with Gasteiger partial charge in [-0.15, -0.1) is 0 Å². The SMILES string of the molecule is N#Cc1ccc(Cl)cc1NC(=O)CN1CCN(C(=O)COc2ccc(F)cc2)CC1. The number of carbonyl (C=O) groups excluding carboxylic acids is 2. The van der Waals surface area contributed by atoms with Crippen molar-refractivity contribution in [3.05, 3.63) is 58.9 Å². The lowest BCUT2D eigenvalue weighted by molar-refractivity contribution is -0.135. The van der Waals surface area contributed by atoms with Crippen LogP contribution >= 0.6 is 11.6 Å². The minimum absolute atomic E-state index is 0.127. The zero-order valence-corrected chi connectivity index (χ0v) is 16.9. The highest BCUT2D eigenvalue weighted by Crippen LogP contribution is 2.20. The second-order valence-corrected chi connectivity index (χ2v) is 7.19. The van der Waals surface area contributed by atoms with Crippen molar-refractivity contribution in [2.24, 2.45) is 0 Å². The molecule has 156 valence electrons. The van der Waals surface area contributed by atoms with Gasteiger partial charge < -0.3 is 15.0 Å². The third-order valence-corrected chi connectivity index (χ3v) is 4.88. The molecule has 0 spiro atoms. The minimum atomic E-state index is -0.368. The molecule has 0 aliphatic carbocycles. The van der Waals surface area contributed by atoms with Crippen molar-refractivity contribution in [2.45, 2.75) is 0 Å². The van der Waals surface area contributed by atoms with E-state index < -0.39 is 0 Å². The van der Waals surface area contributed by atoms with E-state index in [9.17, 15) is 14.0 Å². The number of nitriles is 1. The van der Waals surface area contributed by atoms with Crippen molar-refractivity contribution >= 4 is 29.1 Å². The molecule has 2 amide bonds. The lowest BCUT2D eigenvalue weighted by Gasteiger charge is -2.34. The Balaban J connectivity index is 1.43. The summed E-state index contributed by atoms with van der Waals surface area (Å²) in [7, 11) is 0. The third kappa shape index (κ3) is 5.92. The molecular weight excluding hydrogens is 411 g/mol. The summed E-state index contributed by atoms with van der Waals surface area (Å²) in [5.74, 6) is -0.361. The number of carbonyl (C=O) groups is 2. The largest absolute Gasteiger partial charge is 0.484 e. The molecule has 3 rings (SSSR count). The summed E-state index contributed by atoms with van der Waals surface area (Å²) in [6, 6.07) is 12.2. The van der Waals surface area contributed by atoms with Crippen molar-refractivity contribution < 1.29 is 18.7 Å². The fraction of sp³-hybridized carbons (Fsp3) is 0.286. The van der Waals surface area contributed by atoms with Crippen LogP contribution in [0, 0.1) is 17.1 Å². The number of nitrogens with zero attached hydrogens (tertiary/aromatic N) is 3. The monoisotopic (exact) mass is 430 g/mol. The van der Waals surface area contributed by atoms with Crippen molar-refractivity contribution in [3.8, 4) is 11.8 Å². The molecule has 1 aliphatic heterocycles. The summed E-state index contributed by atoms with van der Waals surface area (Å²) in [5.41, 5.74) is 0.714. The summed E-state index contributed by atoms with van der Waals surface area (Å²) in [6.45, 7) is 2.04. The maximum Gasteiger partial charge on any atom is 0.260 e. The first kappa shape index (κ1) is 21.6. The van der Waals surface area contributed by atoms with Gasteiger partial charge in [-0.3, -0.25) is 14.5 Å². The van der Waals surface area contributed by atoms with E-state index in [4.69, 9.17) is 21.6 Å². The Labute approximate surface area is 178 Å². The summed E-state index contributed by atoms with van der Waals surface area (Å²) in [6.07, 6.45) is 0. The van der Waals surface area contributed by atoms with E-state index in [0.29, 0.717) is 48.2 Å². The Morgan fingerprint density at radius 1 is 1.13 bits per heavy atom. The second-order valence-electron chi connectivity index (χ2n) is 6.75. The zero-order valence-electron chi connectivity index (χ0n) is 16.1. The molecule has 1 fully saturated rings. The van der Waals surface area contributed by atoms with Gasteiger partial charge in [0, 0.05) is 31.2 Å². The molecule has 0 bridgehead atoms. The van der Waals surface area contributed by atoms with Gasteiger partial charge in [0.1, 0.15) is 17.6 Å². The van der Waals surface area contributed by atoms with Crippen molar-refractivity contribution in [1.29, 1.82) is 5.26 Å². The molecule has 30 heavy (non-hydrogen) atoms. The first-order valence-electron chi connectivity index (χ1n) is 9.32. The van der Waals surface area contributed by atoms with Crippen LogP contribution in [0.15, 0.2) is 42.5 Å². The molecule has 1 saturated heterocycles. The number of halogens is 2. The number of benzene rings is 2. The fourth-order valence-electron chi connectivity index (χ4n) is 3.03. The molecule has 2 aromatic rings. The Bertz CT molecular complexity index is 954. The topological polar surface area (TPSA) is 85.7 Å². The molecule has 0 radical (unpaired) electrons. The number of amides is 2. The molecule has 1 N–H and O–H groups in total. The maximum atomic E-state index is 12.9. The Morgan fingerprint density at radius 3 is 2.50 bits per heavy atom. The van der Waals surface area contributed by atoms with Crippen molar-refractivity contribution in [1.82, 2.24) is 9.80 Å². The number of hydrogen-bond donors (Lipinski definition) is 1. The molecule has 7 nitrogen and oxygen atoms in total. The van der Waals surface area contributed by atoms with E-state index in [0.717, 1.165) is 0 Å². The predicted octanol–water partition coefficient (Wildman–Crippen LogP) is 2.51. The van der Waals surface area contributed by atoms with Crippen LogP contribution in [0.3, 0.4) is 0 Å². The van der Waals surface area contributed by atoms with Crippen molar-refractivity contribution in [2.75, 3.05) is 44.6 Å². The van der Waals surface area contributed by atoms with Gasteiger partial charge in [-0.2, -0.15) is 5.26 Å². The normalized spacial score (nSPS) is 14.1. The summed E-state index contributed by atoms with van der Waals surface area (Å²) in [5, 5.41) is 12.3. The number of hydrogen-bond acceptors (Lipinski definition) is 5. The fourth-order valence-corrected chi connectivity index (χ4v) is 3.20. The Morgan fingerprint density at radius 2 is 1.83 bits per heavy atom. The molecule has 0 aromatic heterocycles. The Kier molecular flexibility index (Phi) is 7.22. The van der Waals surface area contributed by atoms with Crippen LogP contribution in [-0.4, -0.2) is 60.9 Å².